The van der Waals surface area contributed by atoms with Crippen LogP contribution in [0.2, 0.25) is 0 Å². The molecule has 3 rings (SSSR count). The third kappa shape index (κ3) is 4.73. The van der Waals surface area contributed by atoms with E-state index in [0.29, 0.717) is 0 Å². The van der Waals surface area contributed by atoms with Crippen molar-refractivity contribution in [2.24, 2.45) is 4.99 Å². The van der Waals surface area contributed by atoms with Gasteiger partial charge in [0.15, 0.2) is 5.96 Å². The first-order chi connectivity index (χ1) is 11.5. The highest BCUT2D eigenvalue weighted by atomic mass is 127. The van der Waals surface area contributed by atoms with Crippen LogP contribution in [0.15, 0.2) is 34.6 Å². The van der Waals surface area contributed by atoms with Crippen molar-refractivity contribution >= 4 is 41.3 Å². The number of benzene rings is 1. The van der Waals surface area contributed by atoms with Crippen molar-refractivity contribution in [3.05, 3.63) is 51.5 Å². The molecule has 136 valence electrons. The SMILES string of the molecule is CN=C(NCC1(c2ccccc2C)CC1)N(C)Cc1csc(C)n1.I. The smallest absolute Gasteiger partial charge is 0.193 e. The zero-order valence-electron chi connectivity index (χ0n) is 15.4. The Balaban J connectivity index is 0.00000225. The first-order valence-electron chi connectivity index (χ1n) is 8.43. The molecular formula is C19H27IN4S. The monoisotopic (exact) mass is 470 g/mol. The van der Waals surface area contributed by atoms with E-state index in [2.05, 4.69) is 63.8 Å². The van der Waals surface area contributed by atoms with E-state index in [4.69, 9.17) is 0 Å². The maximum Gasteiger partial charge on any atom is 0.193 e. The van der Waals surface area contributed by atoms with Crippen molar-refractivity contribution in [2.75, 3.05) is 20.6 Å². The highest BCUT2D eigenvalue weighted by Gasteiger charge is 2.45. The van der Waals surface area contributed by atoms with Crippen LogP contribution in [0, 0.1) is 13.8 Å². The Morgan fingerprint density at radius 1 is 1.32 bits per heavy atom. The summed E-state index contributed by atoms with van der Waals surface area (Å²) in [7, 11) is 3.91. The van der Waals surface area contributed by atoms with Gasteiger partial charge in [-0.1, -0.05) is 24.3 Å². The van der Waals surface area contributed by atoms with Gasteiger partial charge in [0.25, 0.3) is 0 Å². The van der Waals surface area contributed by atoms with E-state index in [1.807, 2.05) is 14.0 Å². The molecule has 0 aliphatic heterocycles. The van der Waals surface area contributed by atoms with E-state index in [9.17, 15) is 0 Å². The molecule has 0 bridgehead atoms. The number of nitrogens with zero attached hydrogens (tertiary/aromatic N) is 3. The maximum absolute atomic E-state index is 4.54. The molecule has 0 saturated heterocycles. The quantitative estimate of drug-likeness (QED) is 0.406. The van der Waals surface area contributed by atoms with Crippen LogP contribution in [-0.2, 0) is 12.0 Å². The zero-order valence-corrected chi connectivity index (χ0v) is 18.5. The number of thiazole rings is 1. The van der Waals surface area contributed by atoms with E-state index >= 15 is 0 Å². The van der Waals surface area contributed by atoms with Gasteiger partial charge >= 0.3 is 0 Å². The van der Waals surface area contributed by atoms with Crippen LogP contribution in [0.3, 0.4) is 0 Å². The van der Waals surface area contributed by atoms with Gasteiger partial charge in [-0.25, -0.2) is 4.98 Å². The molecule has 2 aromatic rings. The van der Waals surface area contributed by atoms with E-state index < -0.39 is 0 Å². The Hall–Kier alpha value is -1.15. The largest absolute Gasteiger partial charge is 0.355 e. The normalized spacial score (nSPS) is 15.4. The third-order valence-corrected chi connectivity index (χ3v) is 5.62. The Kier molecular flexibility index (Phi) is 6.85. The van der Waals surface area contributed by atoms with E-state index in [0.717, 1.165) is 29.8 Å². The topological polar surface area (TPSA) is 40.5 Å². The van der Waals surface area contributed by atoms with Crippen molar-refractivity contribution in [2.45, 2.75) is 38.6 Å². The molecule has 0 radical (unpaired) electrons. The lowest BCUT2D eigenvalue weighted by atomic mass is 9.92. The Labute approximate surface area is 171 Å². The molecule has 1 heterocycles. The van der Waals surface area contributed by atoms with Crippen LogP contribution in [0.4, 0.5) is 0 Å². The van der Waals surface area contributed by atoms with Crippen LogP contribution in [-0.4, -0.2) is 36.5 Å². The van der Waals surface area contributed by atoms with E-state index in [-0.39, 0.29) is 29.4 Å². The summed E-state index contributed by atoms with van der Waals surface area (Å²) in [6.45, 7) is 5.97. The lowest BCUT2D eigenvalue weighted by molar-refractivity contribution is 0.464. The van der Waals surface area contributed by atoms with Crippen molar-refractivity contribution in [3.63, 3.8) is 0 Å². The van der Waals surface area contributed by atoms with E-state index in [1.165, 1.54) is 24.0 Å². The second-order valence-corrected chi connectivity index (χ2v) is 7.77. The Morgan fingerprint density at radius 2 is 2.04 bits per heavy atom. The number of halogens is 1. The van der Waals surface area contributed by atoms with Gasteiger partial charge in [0.2, 0.25) is 0 Å². The molecule has 1 aromatic heterocycles. The molecule has 25 heavy (non-hydrogen) atoms. The molecule has 1 fully saturated rings. The summed E-state index contributed by atoms with van der Waals surface area (Å²) in [5, 5.41) is 6.81. The molecule has 4 nitrogen and oxygen atoms in total. The standard InChI is InChI=1S/C19H26N4S.HI/c1-14-7-5-6-8-17(14)19(9-10-19)13-21-18(20-3)23(4)11-16-12-24-15(2)22-16;/h5-8,12H,9-11,13H2,1-4H3,(H,20,21);1H. The van der Waals surface area contributed by atoms with Gasteiger partial charge in [0, 0.05) is 31.4 Å². The Bertz CT molecular complexity index is 737. The second kappa shape index (κ2) is 8.49. The average Bonchev–Trinajstić information content (AvgIpc) is 3.24. The summed E-state index contributed by atoms with van der Waals surface area (Å²) in [5.74, 6) is 0.931. The van der Waals surface area contributed by atoms with Gasteiger partial charge in [-0.3, -0.25) is 4.99 Å². The lowest BCUT2D eigenvalue weighted by Crippen LogP contribution is -2.42. The number of nitrogens with one attached hydrogen (secondary N) is 1. The minimum atomic E-state index is 0. The fourth-order valence-corrected chi connectivity index (χ4v) is 3.90. The first-order valence-corrected chi connectivity index (χ1v) is 9.31. The van der Waals surface area contributed by atoms with Gasteiger partial charge in [-0.2, -0.15) is 0 Å². The molecule has 0 unspecified atom stereocenters. The van der Waals surface area contributed by atoms with Gasteiger partial charge in [-0.15, -0.1) is 35.3 Å². The highest BCUT2D eigenvalue weighted by molar-refractivity contribution is 14.0. The van der Waals surface area contributed by atoms with Gasteiger partial charge in [0.1, 0.15) is 0 Å². The minimum Gasteiger partial charge on any atom is -0.355 e. The number of guanidine groups is 1. The lowest BCUT2D eigenvalue weighted by Gasteiger charge is -2.25. The third-order valence-electron chi connectivity index (χ3n) is 4.79. The van der Waals surface area contributed by atoms with Gasteiger partial charge in [0.05, 0.1) is 17.2 Å². The number of aryl methyl sites for hydroxylation is 2. The molecule has 1 aromatic carbocycles. The molecule has 6 heteroatoms. The molecule has 0 atom stereocenters. The minimum absolute atomic E-state index is 0. The van der Waals surface area contributed by atoms with Gasteiger partial charge < -0.3 is 10.2 Å². The number of rotatable bonds is 5. The summed E-state index contributed by atoms with van der Waals surface area (Å²) in [4.78, 5) is 11.1. The summed E-state index contributed by atoms with van der Waals surface area (Å²) >= 11 is 1.69. The second-order valence-electron chi connectivity index (χ2n) is 6.71. The molecule has 0 spiro atoms. The number of aliphatic imine (C=N–C) groups is 1. The average molecular weight is 470 g/mol. The summed E-state index contributed by atoms with van der Waals surface area (Å²) in [5.41, 5.74) is 4.24. The van der Waals surface area contributed by atoms with E-state index in [1.54, 1.807) is 11.3 Å². The maximum atomic E-state index is 4.54. The van der Waals surface area contributed by atoms with Crippen LogP contribution < -0.4 is 5.32 Å². The number of hydrogen-bond acceptors (Lipinski definition) is 3. The highest BCUT2D eigenvalue weighted by Crippen LogP contribution is 2.48. The fraction of sp³-hybridized carbons (Fsp3) is 0.474. The van der Waals surface area contributed by atoms with Crippen LogP contribution >= 0.6 is 35.3 Å². The summed E-state index contributed by atoms with van der Waals surface area (Å²) in [6, 6.07) is 8.74. The molecule has 0 amide bonds. The predicted octanol–water partition coefficient (Wildman–Crippen LogP) is 4.12. The van der Waals surface area contributed by atoms with Crippen molar-refractivity contribution in [1.29, 1.82) is 0 Å². The molecule has 1 aliphatic rings. The predicted molar refractivity (Wildman–Crippen MR) is 117 cm³/mol. The van der Waals surface area contributed by atoms with Crippen molar-refractivity contribution in [1.82, 2.24) is 15.2 Å². The van der Waals surface area contributed by atoms with Crippen LogP contribution in [0.25, 0.3) is 0 Å². The van der Waals surface area contributed by atoms with Crippen LogP contribution in [0.1, 0.15) is 34.7 Å². The molecule has 1 saturated carbocycles. The summed E-state index contributed by atoms with van der Waals surface area (Å²) in [6.07, 6.45) is 2.49. The number of hydrogen-bond donors (Lipinski definition) is 1. The number of aromatic nitrogens is 1. The zero-order chi connectivity index (χ0) is 17.2. The van der Waals surface area contributed by atoms with Crippen molar-refractivity contribution < 1.29 is 0 Å². The molecule has 1 N–H and O–H groups in total. The fourth-order valence-electron chi connectivity index (χ4n) is 3.29. The van der Waals surface area contributed by atoms with Gasteiger partial charge in [-0.05, 0) is 37.8 Å². The first kappa shape index (κ1) is 20.2. The molecular weight excluding hydrogens is 443 g/mol. The van der Waals surface area contributed by atoms with Crippen LogP contribution in [0.5, 0.6) is 0 Å². The molecule has 1 aliphatic carbocycles. The Morgan fingerprint density at radius 3 is 2.60 bits per heavy atom. The summed E-state index contributed by atoms with van der Waals surface area (Å²) < 4.78 is 0. The van der Waals surface area contributed by atoms with Crippen molar-refractivity contribution in [3.8, 4) is 0 Å².